The van der Waals surface area contributed by atoms with E-state index in [0.717, 1.165) is 48.8 Å². The molecule has 2 heterocycles. The van der Waals surface area contributed by atoms with Crippen LogP contribution < -0.4 is 10.2 Å². The van der Waals surface area contributed by atoms with Crippen LogP contribution >= 0.6 is 0 Å². The Morgan fingerprint density at radius 2 is 1.73 bits per heavy atom. The fourth-order valence-corrected chi connectivity index (χ4v) is 3.46. The van der Waals surface area contributed by atoms with Crippen molar-refractivity contribution >= 4 is 17.4 Å². The highest BCUT2D eigenvalue weighted by Gasteiger charge is 2.20. The summed E-state index contributed by atoms with van der Waals surface area (Å²) in [6, 6.07) is 10.7. The molecule has 0 spiro atoms. The average molecular weight is 352 g/mol. The van der Waals surface area contributed by atoms with E-state index in [2.05, 4.69) is 42.0 Å². The molecule has 0 radical (unpaired) electrons. The van der Waals surface area contributed by atoms with Crippen molar-refractivity contribution in [3.63, 3.8) is 0 Å². The second-order valence-electron chi connectivity index (χ2n) is 7.24. The van der Waals surface area contributed by atoms with E-state index in [9.17, 15) is 4.79 Å². The minimum atomic E-state index is -0.0582. The van der Waals surface area contributed by atoms with Gasteiger partial charge in [0.15, 0.2) is 0 Å². The number of amides is 1. The van der Waals surface area contributed by atoms with Gasteiger partial charge in [0.05, 0.1) is 0 Å². The van der Waals surface area contributed by atoms with Crippen LogP contribution in [0.3, 0.4) is 0 Å². The number of rotatable bonds is 4. The number of piperazine rings is 1. The van der Waals surface area contributed by atoms with Gasteiger partial charge in [-0.15, -0.1) is 0 Å². The zero-order chi connectivity index (χ0) is 18.7. The molecule has 2 aromatic rings. The maximum atomic E-state index is 11.1. The Morgan fingerprint density at radius 3 is 2.27 bits per heavy atom. The number of pyridine rings is 1. The number of hydrogen-bond acceptors (Lipinski definition) is 4. The van der Waals surface area contributed by atoms with Crippen molar-refractivity contribution in [3.05, 3.63) is 42.1 Å². The lowest BCUT2D eigenvalue weighted by Crippen LogP contribution is -2.49. The predicted octanol–water partition coefficient (Wildman–Crippen LogP) is 3.55. The van der Waals surface area contributed by atoms with Gasteiger partial charge in [0.25, 0.3) is 0 Å². The van der Waals surface area contributed by atoms with E-state index in [0.29, 0.717) is 6.04 Å². The van der Waals surface area contributed by atoms with E-state index < -0.39 is 0 Å². The lowest BCUT2D eigenvalue weighted by Gasteiger charge is -2.38. The summed E-state index contributed by atoms with van der Waals surface area (Å²) < 4.78 is 0. The molecule has 3 rings (SSSR count). The highest BCUT2D eigenvalue weighted by Crippen LogP contribution is 2.26. The Balaban J connectivity index is 1.72. The maximum absolute atomic E-state index is 11.1. The monoisotopic (exact) mass is 352 g/mol. The molecule has 0 atom stereocenters. The van der Waals surface area contributed by atoms with Gasteiger partial charge in [-0.1, -0.05) is 12.1 Å². The van der Waals surface area contributed by atoms with E-state index in [4.69, 9.17) is 4.98 Å². The minimum Gasteiger partial charge on any atom is -0.354 e. The third-order valence-corrected chi connectivity index (χ3v) is 4.93. The number of hydrogen-bond donors (Lipinski definition) is 1. The number of anilines is 2. The van der Waals surface area contributed by atoms with Crippen LogP contribution in [0.2, 0.25) is 0 Å². The van der Waals surface area contributed by atoms with Crippen molar-refractivity contribution in [2.75, 3.05) is 36.4 Å². The normalized spacial score (nSPS) is 15.3. The van der Waals surface area contributed by atoms with Crippen LogP contribution in [-0.2, 0) is 4.79 Å². The Morgan fingerprint density at radius 1 is 1.08 bits per heavy atom. The maximum Gasteiger partial charge on any atom is 0.221 e. The molecule has 0 aliphatic carbocycles. The number of nitrogens with one attached hydrogen (secondary N) is 1. The Bertz CT molecular complexity index is 762. The summed E-state index contributed by atoms with van der Waals surface area (Å²) in [4.78, 5) is 20.8. The van der Waals surface area contributed by atoms with Gasteiger partial charge >= 0.3 is 0 Å². The molecular formula is C21H28N4O. The van der Waals surface area contributed by atoms with Gasteiger partial charge in [-0.05, 0) is 50.1 Å². The van der Waals surface area contributed by atoms with Crippen LogP contribution in [-0.4, -0.2) is 48.0 Å². The SMILES string of the molecule is CC(=O)Nc1ccc(-c2cnc(N3CCN(C(C)C)CC3)c(C)c2)cc1. The number of carbonyl (C=O) groups is 1. The smallest absolute Gasteiger partial charge is 0.221 e. The number of aryl methyl sites for hydroxylation is 1. The van der Waals surface area contributed by atoms with Crippen molar-refractivity contribution in [2.45, 2.75) is 33.7 Å². The molecule has 26 heavy (non-hydrogen) atoms. The quantitative estimate of drug-likeness (QED) is 0.914. The molecular weight excluding hydrogens is 324 g/mol. The molecule has 0 unspecified atom stereocenters. The topological polar surface area (TPSA) is 48.5 Å². The van der Waals surface area contributed by atoms with Crippen LogP contribution in [0.25, 0.3) is 11.1 Å². The first-order valence-corrected chi connectivity index (χ1v) is 9.27. The first-order chi connectivity index (χ1) is 12.4. The molecule has 138 valence electrons. The molecule has 1 aliphatic rings. The van der Waals surface area contributed by atoms with Crippen LogP contribution in [0.5, 0.6) is 0 Å². The third kappa shape index (κ3) is 4.22. The predicted molar refractivity (Wildman–Crippen MR) is 108 cm³/mol. The number of benzene rings is 1. The molecule has 5 heteroatoms. The molecule has 0 saturated carbocycles. The first kappa shape index (κ1) is 18.4. The summed E-state index contributed by atoms with van der Waals surface area (Å²) in [5.74, 6) is 1.03. The zero-order valence-electron chi connectivity index (χ0n) is 16.1. The van der Waals surface area contributed by atoms with Crippen molar-refractivity contribution < 1.29 is 4.79 Å². The minimum absolute atomic E-state index is 0.0582. The fourth-order valence-electron chi connectivity index (χ4n) is 3.46. The highest BCUT2D eigenvalue weighted by molar-refractivity contribution is 5.89. The van der Waals surface area contributed by atoms with Crippen molar-refractivity contribution in [1.29, 1.82) is 0 Å². The average Bonchev–Trinajstić information content (AvgIpc) is 2.62. The molecule has 1 saturated heterocycles. The zero-order valence-corrected chi connectivity index (χ0v) is 16.1. The van der Waals surface area contributed by atoms with E-state index in [1.165, 1.54) is 12.5 Å². The Labute approximate surface area is 156 Å². The molecule has 1 fully saturated rings. The van der Waals surface area contributed by atoms with Gasteiger partial charge in [0.2, 0.25) is 5.91 Å². The molecule has 1 aromatic heterocycles. The summed E-state index contributed by atoms with van der Waals surface area (Å²) in [5, 5.41) is 2.79. The van der Waals surface area contributed by atoms with Crippen LogP contribution in [0.15, 0.2) is 36.5 Å². The fraction of sp³-hybridized carbons (Fsp3) is 0.429. The van der Waals surface area contributed by atoms with Crippen LogP contribution in [0.1, 0.15) is 26.3 Å². The third-order valence-electron chi connectivity index (χ3n) is 4.93. The summed E-state index contributed by atoms with van der Waals surface area (Å²) in [6.07, 6.45) is 1.95. The number of nitrogens with zero attached hydrogens (tertiary/aromatic N) is 3. The summed E-state index contributed by atoms with van der Waals surface area (Å²) >= 11 is 0. The van der Waals surface area contributed by atoms with Gasteiger partial charge in [0, 0.05) is 56.6 Å². The van der Waals surface area contributed by atoms with Gasteiger partial charge in [0.1, 0.15) is 5.82 Å². The standard InChI is InChI=1S/C21H28N4O/c1-15(2)24-9-11-25(12-10-24)21-16(3)13-19(14-22-21)18-5-7-20(8-6-18)23-17(4)26/h5-8,13-15H,9-12H2,1-4H3,(H,23,26). The lowest BCUT2D eigenvalue weighted by atomic mass is 10.1. The van der Waals surface area contributed by atoms with Crippen molar-refractivity contribution in [1.82, 2.24) is 9.88 Å². The van der Waals surface area contributed by atoms with Gasteiger partial charge < -0.3 is 10.2 Å². The van der Waals surface area contributed by atoms with Crippen molar-refractivity contribution in [2.24, 2.45) is 0 Å². The summed E-state index contributed by atoms with van der Waals surface area (Å²) in [7, 11) is 0. The molecule has 1 amide bonds. The first-order valence-electron chi connectivity index (χ1n) is 9.27. The molecule has 1 aromatic carbocycles. The summed E-state index contributed by atoms with van der Waals surface area (Å²) in [5.41, 5.74) is 4.21. The van der Waals surface area contributed by atoms with Gasteiger partial charge in [-0.25, -0.2) is 4.98 Å². The summed E-state index contributed by atoms with van der Waals surface area (Å²) in [6.45, 7) is 12.4. The van der Waals surface area contributed by atoms with Crippen LogP contribution in [0.4, 0.5) is 11.5 Å². The highest BCUT2D eigenvalue weighted by atomic mass is 16.1. The van der Waals surface area contributed by atoms with E-state index in [1.54, 1.807) is 0 Å². The second kappa shape index (κ2) is 7.87. The van der Waals surface area contributed by atoms with E-state index in [-0.39, 0.29) is 5.91 Å². The van der Waals surface area contributed by atoms with E-state index >= 15 is 0 Å². The number of carbonyl (C=O) groups excluding carboxylic acids is 1. The Kier molecular flexibility index (Phi) is 5.57. The number of aromatic nitrogens is 1. The van der Waals surface area contributed by atoms with Crippen molar-refractivity contribution in [3.8, 4) is 11.1 Å². The molecule has 1 N–H and O–H groups in total. The molecule has 1 aliphatic heterocycles. The van der Waals surface area contributed by atoms with Gasteiger partial charge in [-0.3, -0.25) is 9.69 Å². The Hall–Kier alpha value is -2.40. The molecule has 0 bridgehead atoms. The van der Waals surface area contributed by atoms with E-state index in [1.807, 2.05) is 30.5 Å². The lowest BCUT2D eigenvalue weighted by molar-refractivity contribution is -0.114. The second-order valence-corrected chi connectivity index (χ2v) is 7.24. The van der Waals surface area contributed by atoms with Gasteiger partial charge in [-0.2, -0.15) is 0 Å². The molecule has 5 nitrogen and oxygen atoms in total. The largest absolute Gasteiger partial charge is 0.354 e. The van der Waals surface area contributed by atoms with Crippen LogP contribution in [0, 0.1) is 6.92 Å².